The summed E-state index contributed by atoms with van der Waals surface area (Å²) in [6.45, 7) is 6.93. The van der Waals surface area contributed by atoms with Crippen molar-refractivity contribution in [3.63, 3.8) is 0 Å². The minimum Gasteiger partial charge on any atom is -0.392 e. The Bertz CT molecular complexity index is 427. The fourth-order valence-electron chi connectivity index (χ4n) is 3.12. The molecule has 2 unspecified atom stereocenters. The highest BCUT2D eigenvalue weighted by Crippen LogP contribution is 2.18. The molecule has 0 saturated carbocycles. The second-order valence-electron chi connectivity index (χ2n) is 7.47. The van der Waals surface area contributed by atoms with Gasteiger partial charge in [-0.2, -0.15) is 0 Å². The first-order valence-corrected chi connectivity index (χ1v) is 10.6. The lowest BCUT2D eigenvalue weighted by atomic mass is 9.95. The quantitative estimate of drug-likeness (QED) is 0.209. The standard InChI is InChI=1S/C22H38O5/c1-5-7-9-11-13-15-19(17(3)23)21(25)27-22(26)20(18(4)24)16-14-12-10-8-6-2/h19-20H,5-16H2,1-4H3. The summed E-state index contributed by atoms with van der Waals surface area (Å²) < 4.78 is 4.93. The highest BCUT2D eigenvalue weighted by Gasteiger charge is 2.31. The zero-order valence-corrected chi connectivity index (χ0v) is 17.7. The fourth-order valence-corrected chi connectivity index (χ4v) is 3.12. The summed E-state index contributed by atoms with van der Waals surface area (Å²) >= 11 is 0. The van der Waals surface area contributed by atoms with E-state index < -0.39 is 23.8 Å². The van der Waals surface area contributed by atoms with Crippen molar-refractivity contribution in [2.75, 3.05) is 0 Å². The van der Waals surface area contributed by atoms with Gasteiger partial charge < -0.3 is 4.74 Å². The molecule has 0 N–H and O–H groups in total. The number of carbonyl (C=O) groups excluding carboxylic acids is 4. The molecule has 0 aromatic rings. The summed E-state index contributed by atoms with van der Waals surface area (Å²) in [7, 11) is 0. The third-order valence-corrected chi connectivity index (χ3v) is 4.94. The van der Waals surface area contributed by atoms with Crippen LogP contribution in [0.4, 0.5) is 0 Å². The van der Waals surface area contributed by atoms with E-state index in [0.717, 1.165) is 64.2 Å². The fraction of sp³-hybridized carbons (Fsp3) is 0.818. The van der Waals surface area contributed by atoms with E-state index in [0.29, 0.717) is 12.8 Å². The molecule has 0 aliphatic rings. The van der Waals surface area contributed by atoms with Crippen LogP contribution in [0.3, 0.4) is 0 Å². The molecule has 2 atom stereocenters. The summed E-state index contributed by atoms with van der Waals surface area (Å²) in [6, 6.07) is 0. The normalized spacial score (nSPS) is 13.0. The molecule has 0 saturated heterocycles. The van der Waals surface area contributed by atoms with Crippen LogP contribution in [0.2, 0.25) is 0 Å². The minimum absolute atomic E-state index is 0.290. The SMILES string of the molecule is CCCCCCCC(C(C)=O)C(=O)OC(=O)C(CCCCCCC)C(C)=O. The molecule has 27 heavy (non-hydrogen) atoms. The average molecular weight is 383 g/mol. The Morgan fingerprint density at radius 3 is 1.22 bits per heavy atom. The second-order valence-corrected chi connectivity index (χ2v) is 7.47. The molecule has 156 valence electrons. The molecule has 0 bridgehead atoms. The van der Waals surface area contributed by atoms with Gasteiger partial charge >= 0.3 is 11.9 Å². The molecule has 0 spiro atoms. The van der Waals surface area contributed by atoms with Crippen molar-refractivity contribution in [2.24, 2.45) is 11.8 Å². The minimum atomic E-state index is -0.910. The number of hydrogen-bond acceptors (Lipinski definition) is 5. The molecule has 0 fully saturated rings. The smallest absolute Gasteiger partial charge is 0.324 e. The maximum atomic E-state index is 12.3. The molecule has 0 aliphatic carbocycles. The van der Waals surface area contributed by atoms with Gasteiger partial charge in [-0.3, -0.25) is 19.2 Å². The number of rotatable bonds is 16. The molecule has 0 radical (unpaired) electrons. The van der Waals surface area contributed by atoms with Gasteiger partial charge in [0.25, 0.3) is 0 Å². The summed E-state index contributed by atoms with van der Waals surface area (Å²) in [5.74, 6) is -4.01. The number of ether oxygens (including phenoxy) is 1. The van der Waals surface area contributed by atoms with Gasteiger partial charge in [-0.15, -0.1) is 0 Å². The molecule has 5 heteroatoms. The van der Waals surface area contributed by atoms with Gasteiger partial charge in [-0.05, 0) is 26.7 Å². The van der Waals surface area contributed by atoms with Gasteiger partial charge in [0.05, 0.1) is 0 Å². The van der Waals surface area contributed by atoms with E-state index in [2.05, 4.69) is 13.8 Å². The number of carbonyl (C=O) groups is 4. The Balaban J connectivity index is 4.56. The molecule has 0 amide bonds. The Morgan fingerprint density at radius 1 is 0.593 bits per heavy atom. The van der Waals surface area contributed by atoms with Crippen molar-refractivity contribution >= 4 is 23.5 Å². The van der Waals surface area contributed by atoms with E-state index >= 15 is 0 Å². The topological polar surface area (TPSA) is 77.5 Å². The van der Waals surface area contributed by atoms with Crippen LogP contribution in [0.1, 0.15) is 105 Å². The van der Waals surface area contributed by atoms with Gasteiger partial charge in [0.15, 0.2) is 0 Å². The molecule has 0 aromatic heterocycles. The second kappa shape index (κ2) is 15.5. The average Bonchev–Trinajstić information content (AvgIpc) is 2.60. The Kier molecular flexibility index (Phi) is 14.7. The summed E-state index contributed by atoms with van der Waals surface area (Å²) in [4.78, 5) is 48.1. The largest absolute Gasteiger partial charge is 0.392 e. The van der Waals surface area contributed by atoms with Crippen molar-refractivity contribution in [3.05, 3.63) is 0 Å². The van der Waals surface area contributed by atoms with E-state index in [1.807, 2.05) is 0 Å². The van der Waals surface area contributed by atoms with Crippen LogP contribution in [0.25, 0.3) is 0 Å². The lowest BCUT2D eigenvalue weighted by Crippen LogP contribution is -2.32. The van der Waals surface area contributed by atoms with Crippen molar-refractivity contribution < 1.29 is 23.9 Å². The van der Waals surface area contributed by atoms with Crippen LogP contribution < -0.4 is 0 Å². The van der Waals surface area contributed by atoms with E-state index in [9.17, 15) is 19.2 Å². The van der Waals surface area contributed by atoms with Crippen molar-refractivity contribution in [2.45, 2.75) is 105 Å². The lowest BCUT2D eigenvalue weighted by molar-refractivity contribution is -0.167. The summed E-state index contributed by atoms with van der Waals surface area (Å²) in [5, 5.41) is 0. The predicted molar refractivity (Wildman–Crippen MR) is 106 cm³/mol. The highest BCUT2D eigenvalue weighted by atomic mass is 16.6. The van der Waals surface area contributed by atoms with Crippen LogP contribution in [-0.2, 0) is 23.9 Å². The van der Waals surface area contributed by atoms with Crippen LogP contribution in [0, 0.1) is 11.8 Å². The molecule has 0 aromatic carbocycles. The zero-order chi connectivity index (χ0) is 20.7. The Labute approximate surface area is 164 Å². The third-order valence-electron chi connectivity index (χ3n) is 4.94. The van der Waals surface area contributed by atoms with Gasteiger partial charge in [-0.1, -0.05) is 78.1 Å². The first kappa shape index (κ1) is 25.5. The summed E-state index contributed by atoms with van der Waals surface area (Å²) in [5.41, 5.74) is 0. The molecule has 5 nitrogen and oxygen atoms in total. The number of esters is 2. The summed E-state index contributed by atoms with van der Waals surface area (Å²) in [6.07, 6.45) is 10.8. The molecule has 0 aliphatic heterocycles. The van der Waals surface area contributed by atoms with Gasteiger partial charge in [-0.25, -0.2) is 0 Å². The van der Waals surface area contributed by atoms with E-state index in [4.69, 9.17) is 4.74 Å². The first-order chi connectivity index (χ1) is 12.8. The monoisotopic (exact) mass is 382 g/mol. The lowest BCUT2D eigenvalue weighted by Gasteiger charge is -2.16. The van der Waals surface area contributed by atoms with E-state index in [1.54, 1.807) is 0 Å². The van der Waals surface area contributed by atoms with Crippen molar-refractivity contribution in [1.29, 1.82) is 0 Å². The number of ketones is 2. The highest BCUT2D eigenvalue weighted by molar-refractivity contribution is 6.05. The maximum absolute atomic E-state index is 12.3. The van der Waals surface area contributed by atoms with Gasteiger partial charge in [0.2, 0.25) is 0 Å². The molecule has 0 heterocycles. The van der Waals surface area contributed by atoms with E-state index in [1.165, 1.54) is 13.8 Å². The molecule has 0 rings (SSSR count). The maximum Gasteiger partial charge on any atom is 0.324 e. The Hall–Kier alpha value is -1.52. The van der Waals surface area contributed by atoms with Crippen LogP contribution in [-0.4, -0.2) is 23.5 Å². The molecular formula is C22H38O5. The molecular weight excluding hydrogens is 344 g/mol. The van der Waals surface area contributed by atoms with Gasteiger partial charge in [0, 0.05) is 0 Å². The number of hydrogen-bond donors (Lipinski definition) is 0. The van der Waals surface area contributed by atoms with Gasteiger partial charge in [0.1, 0.15) is 23.4 Å². The van der Waals surface area contributed by atoms with Crippen LogP contribution in [0.15, 0.2) is 0 Å². The number of Topliss-reactive ketones (excluding diaryl/α,β-unsaturated/α-hetero) is 2. The predicted octanol–water partition coefficient (Wildman–Crippen LogP) is 5.19. The third kappa shape index (κ3) is 11.7. The van der Waals surface area contributed by atoms with Crippen LogP contribution in [0.5, 0.6) is 0 Å². The van der Waals surface area contributed by atoms with E-state index in [-0.39, 0.29) is 11.6 Å². The number of unbranched alkanes of at least 4 members (excludes halogenated alkanes) is 8. The van der Waals surface area contributed by atoms with Crippen LogP contribution >= 0.6 is 0 Å². The zero-order valence-electron chi connectivity index (χ0n) is 17.7. The first-order valence-electron chi connectivity index (χ1n) is 10.6. The Morgan fingerprint density at radius 2 is 0.926 bits per heavy atom. The van der Waals surface area contributed by atoms with Crippen molar-refractivity contribution in [3.8, 4) is 0 Å². The van der Waals surface area contributed by atoms with Crippen molar-refractivity contribution in [1.82, 2.24) is 0 Å².